The predicted molar refractivity (Wildman–Crippen MR) is 79.3 cm³/mol. The molecule has 2 heterocycles. The summed E-state index contributed by atoms with van der Waals surface area (Å²) >= 11 is 0. The Hall–Kier alpha value is -2.18. The summed E-state index contributed by atoms with van der Waals surface area (Å²) in [5.41, 5.74) is 0. The van der Waals surface area contributed by atoms with E-state index >= 15 is 0 Å². The molecule has 0 spiro atoms. The van der Waals surface area contributed by atoms with E-state index < -0.39 is 0 Å². The molecule has 0 aromatic carbocycles. The fraction of sp³-hybridized carbons (Fsp3) is 0.538. The van der Waals surface area contributed by atoms with Crippen LogP contribution in [0, 0.1) is 0 Å². The maximum atomic E-state index is 4.53. The summed E-state index contributed by atoms with van der Waals surface area (Å²) in [6.07, 6.45) is 7.47. The van der Waals surface area contributed by atoms with E-state index in [1.807, 2.05) is 6.20 Å². The van der Waals surface area contributed by atoms with E-state index in [1.165, 1.54) is 0 Å². The normalized spacial score (nSPS) is 10.6. The van der Waals surface area contributed by atoms with Crippen molar-refractivity contribution in [2.24, 2.45) is 0 Å². The van der Waals surface area contributed by atoms with Gasteiger partial charge < -0.3 is 10.2 Å². The summed E-state index contributed by atoms with van der Waals surface area (Å²) in [5.74, 6) is 1.84. The van der Waals surface area contributed by atoms with E-state index in [0.717, 1.165) is 25.9 Å². The highest BCUT2D eigenvalue weighted by atomic mass is 15.3. The summed E-state index contributed by atoms with van der Waals surface area (Å²) in [4.78, 5) is 19.5. The van der Waals surface area contributed by atoms with Gasteiger partial charge >= 0.3 is 0 Å². The smallest absolute Gasteiger partial charge is 0.241 e. The van der Waals surface area contributed by atoms with Crippen LogP contribution in [0.2, 0.25) is 0 Å². The molecule has 0 bridgehead atoms. The Kier molecular flexibility index (Phi) is 4.86. The average Bonchev–Trinajstić information content (AvgIpc) is 3.02. The summed E-state index contributed by atoms with van der Waals surface area (Å²) in [6.45, 7) is 6.10. The molecule has 2 rings (SSSR count). The van der Waals surface area contributed by atoms with Gasteiger partial charge in [-0.05, 0) is 13.3 Å². The quantitative estimate of drug-likeness (QED) is 0.829. The van der Waals surface area contributed by atoms with Gasteiger partial charge in [-0.2, -0.15) is 15.0 Å². The van der Waals surface area contributed by atoms with Crippen LogP contribution in [0.3, 0.4) is 0 Å². The molecule has 0 aliphatic rings. The topological polar surface area (TPSA) is 71.8 Å². The van der Waals surface area contributed by atoms with Crippen LogP contribution in [0.15, 0.2) is 18.7 Å². The first-order valence-electron chi connectivity index (χ1n) is 6.95. The van der Waals surface area contributed by atoms with Gasteiger partial charge in [0.25, 0.3) is 0 Å². The van der Waals surface area contributed by atoms with Crippen molar-refractivity contribution < 1.29 is 0 Å². The van der Waals surface area contributed by atoms with E-state index in [4.69, 9.17) is 0 Å². The molecule has 2 aromatic heterocycles. The van der Waals surface area contributed by atoms with E-state index in [1.54, 1.807) is 24.1 Å². The molecule has 0 aliphatic heterocycles. The van der Waals surface area contributed by atoms with Crippen LogP contribution in [-0.4, -0.2) is 44.6 Å². The molecule has 0 saturated heterocycles. The van der Waals surface area contributed by atoms with Crippen molar-refractivity contribution in [3.05, 3.63) is 18.7 Å². The van der Waals surface area contributed by atoms with Crippen molar-refractivity contribution in [1.82, 2.24) is 24.5 Å². The third-order valence-corrected chi connectivity index (χ3v) is 3.02. The number of nitrogens with zero attached hydrogens (tertiary/aromatic N) is 6. The van der Waals surface area contributed by atoms with Crippen molar-refractivity contribution in [3.8, 4) is 5.95 Å². The van der Waals surface area contributed by atoms with Gasteiger partial charge in [0.15, 0.2) is 0 Å². The number of nitrogens with one attached hydrogen (secondary N) is 1. The van der Waals surface area contributed by atoms with Crippen molar-refractivity contribution >= 4 is 11.9 Å². The lowest BCUT2D eigenvalue weighted by Crippen LogP contribution is -2.27. The first-order valence-corrected chi connectivity index (χ1v) is 6.95. The molecule has 2 aromatic rings. The summed E-state index contributed by atoms with van der Waals surface area (Å²) < 4.78 is 1.78. The number of unbranched alkanes of at least 4 members (excludes halogenated alkanes) is 1. The maximum Gasteiger partial charge on any atom is 0.241 e. The van der Waals surface area contributed by atoms with E-state index in [9.17, 15) is 0 Å². The van der Waals surface area contributed by atoms with Gasteiger partial charge in [0, 0.05) is 32.5 Å². The molecule has 108 valence electrons. The predicted octanol–water partition coefficient (Wildman–Crippen LogP) is 1.73. The van der Waals surface area contributed by atoms with E-state index in [0.29, 0.717) is 17.8 Å². The molecule has 1 N–H and O–H groups in total. The lowest BCUT2D eigenvalue weighted by Gasteiger charge is -2.21. The maximum absolute atomic E-state index is 4.53. The largest absolute Gasteiger partial charge is 0.357 e. The Balaban J connectivity index is 2.34. The van der Waals surface area contributed by atoms with Gasteiger partial charge in [-0.3, -0.25) is 4.57 Å². The Bertz CT molecular complexity index is 524. The van der Waals surface area contributed by atoms with Gasteiger partial charge in [-0.1, -0.05) is 13.3 Å². The second-order valence-corrected chi connectivity index (χ2v) is 4.41. The zero-order chi connectivity index (χ0) is 14.4. The molecule has 0 saturated carbocycles. The highest BCUT2D eigenvalue weighted by molar-refractivity contribution is 5.39. The highest BCUT2D eigenvalue weighted by Gasteiger charge is 2.12. The first-order chi connectivity index (χ1) is 9.78. The molecular formula is C13H21N7. The minimum absolute atomic E-state index is 0.564. The molecule has 0 unspecified atom stereocenters. The van der Waals surface area contributed by atoms with Gasteiger partial charge in [0.05, 0.1) is 0 Å². The van der Waals surface area contributed by atoms with Crippen molar-refractivity contribution in [3.63, 3.8) is 0 Å². The number of hydrogen-bond acceptors (Lipinski definition) is 6. The zero-order valence-electron chi connectivity index (χ0n) is 12.2. The van der Waals surface area contributed by atoms with Crippen LogP contribution in [-0.2, 0) is 0 Å². The van der Waals surface area contributed by atoms with Crippen LogP contribution in [0.5, 0.6) is 0 Å². The lowest BCUT2D eigenvalue weighted by molar-refractivity contribution is 0.708. The average molecular weight is 275 g/mol. The summed E-state index contributed by atoms with van der Waals surface area (Å²) in [6, 6.07) is 0. The van der Waals surface area contributed by atoms with Crippen LogP contribution in [0.25, 0.3) is 5.95 Å². The number of imidazole rings is 1. The molecule has 0 aliphatic carbocycles. The molecule has 0 fully saturated rings. The number of hydrogen-bond donors (Lipinski definition) is 1. The monoisotopic (exact) mass is 275 g/mol. The SMILES string of the molecule is CCCCN(CC)c1nc(NC)nc(-n2ccnc2)n1. The number of aromatic nitrogens is 5. The summed E-state index contributed by atoms with van der Waals surface area (Å²) in [5, 5.41) is 2.98. The van der Waals surface area contributed by atoms with Crippen LogP contribution in [0.4, 0.5) is 11.9 Å². The van der Waals surface area contributed by atoms with Crippen molar-refractivity contribution in [2.75, 3.05) is 30.4 Å². The molecule has 20 heavy (non-hydrogen) atoms. The third kappa shape index (κ3) is 3.23. The van der Waals surface area contributed by atoms with Gasteiger partial charge in [-0.25, -0.2) is 4.98 Å². The Labute approximate surface area is 119 Å². The molecule has 0 radical (unpaired) electrons. The number of anilines is 2. The second-order valence-electron chi connectivity index (χ2n) is 4.41. The zero-order valence-corrected chi connectivity index (χ0v) is 12.2. The fourth-order valence-corrected chi connectivity index (χ4v) is 1.85. The van der Waals surface area contributed by atoms with Crippen LogP contribution in [0.1, 0.15) is 26.7 Å². The van der Waals surface area contributed by atoms with E-state index in [2.05, 4.69) is 44.0 Å². The Morgan fingerprint density at radius 2 is 2.10 bits per heavy atom. The minimum atomic E-state index is 0.564. The Morgan fingerprint density at radius 3 is 2.70 bits per heavy atom. The van der Waals surface area contributed by atoms with Crippen LogP contribution >= 0.6 is 0 Å². The fourth-order valence-electron chi connectivity index (χ4n) is 1.85. The summed E-state index contributed by atoms with van der Waals surface area (Å²) in [7, 11) is 1.80. The van der Waals surface area contributed by atoms with Gasteiger partial charge in [0.2, 0.25) is 17.8 Å². The van der Waals surface area contributed by atoms with Crippen molar-refractivity contribution in [2.45, 2.75) is 26.7 Å². The standard InChI is InChI=1S/C13H21N7/c1-4-6-8-19(5-2)12-16-11(14-3)17-13(18-12)20-9-7-15-10-20/h7,9-10H,4-6,8H2,1-3H3,(H,14,16,17,18). The van der Waals surface area contributed by atoms with Crippen LogP contribution < -0.4 is 10.2 Å². The van der Waals surface area contributed by atoms with Gasteiger partial charge in [-0.15, -0.1) is 0 Å². The number of rotatable bonds is 7. The first kappa shape index (κ1) is 14.2. The second kappa shape index (κ2) is 6.83. The molecule has 7 heteroatoms. The van der Waals surface area contributed by atoms with E-state index in [-0.39, 0.29) is 0 Å². The van der Waals surface area contributed by atoms with Gasteiger partial charge in [0.1, 0.15) is 6.33 Å². The minimum Gasteiger partial charge on any atom is -0.357 e. The molecular weight excluding hydrogens is 254 g/mol. The molecule has 7 nitrogen and oxygen atoms in total. The van der Waals surface area contributed by atoms with Crippen molar-refractivity contribution in [1.29, 1.82) is 0 Å². The molecule has 0 atom stereocenters. The highest BCUT2D eigenvalue weighted by Crippen LogP contribution is 2.13. The Morgan fingerprint density at radius 1 is 1.25 bits per heavy atom. The lowest BCUT2D eigenvalue weighted by atomic mass is 10.3. The molecule has 0 amide bonds. The third-order valence-electron chi connectivity index (χ3n) is 3.02.